The molecule has 78 valence electrons. The van der Waals surface area contributed by atoms with Gasteiger partial charge < -0.3 is 4.57 Å². The van der Waals surface area contributed by atoms with Gasteiger partial charge in [0.05, 0.1) is 6.54 Å². The van der Waals surface area contributed by atoms with E-state index in [-0.39, 0.29) is 5.56 Å². The zero-order valence-electron chi connectivity index (χ0n) is 8.51. The van der Waals surface area contributed by atoms with Crippen molar-refractivity contribution in [1.82, 2.24) is 9.55 Å². The van der Waals surface area contributed by atoms with E-state index in [0.29, 0.717) is 6.54 Å². The average molecular weight is 220 g/mol. The molecule has 3 nitrogen and oxygen atoms in total. The van der Waals surface area contributed by atoms with Crippen LogP contribution >= 0.6 is 11.3 Å². The Kier molecular flexibility index (Phi) is 2.97. The molecule has 0 unspecified atom stereocenters. The Morgan fingerprint density at radius 2 is 2.40 bits per heavy atom. The summed E-state index contributed by atoms with van der Waals surface area (Å²) in [6.07, 6.45) is 4.49. The van der Waals surface area contributed by atoms with Gasteiger partial charge >= 0.3 is 0 Å². The third-order valence-corrected chi connectivity index (χ3v) is 3.02. The minimum atomic E-state index is 0.0459. The molecule has 0 atom stereocenters. The molecule has 0 fully saturated rings. The van der Waals surface area contributed by atoms with Gasteiger partial charge in [0.2, 0.25) is 0 Å². The highest BCUT2D eigenvalue weighted by atomic mass is 32.1. The number of thiazole rings is 1. The summed E-state index contributed by atoms with van der Waals surface area (Å²) in [6, 6.07) is 3.67. The SMILES string of the molecule is CCc1ccn(Cc2nccs2)c(=O)c1. The Bertz CT molecular complexity index is 488. The summed E-state index contributed by atoms with van der Waals surface area (Å²) >= 11 is 1.57. The molecule has 0 aliphatic rings. The van der Waals surface area contributed by atoms with Gasteiger partial charge in [0.25, 0.3) is 5.56 Å². The van der Waals surface area contributed by atoms with Crippen LogP contribution in [0.2, 0.25) is 0 Å². The van der Waals surface area contributed by atoms with Gasteiger partial charge in [-0.15, -0.1) is 11.3 Å². The number of pyridine rings is 1. The highest BCUT2D eigenvalue weighted by Gasteiger charge is 2.00. The fourth-order valence-corrected chi connectivity index (χ4v) is 1.99. The largest absolute Gasteiger partial charge is 0.309 e. The first-order chi connectivity index (χ1) is 7.29. The van der Waals surface area contributed by atoms with E-state index in [0.717, 1.165) is 17.0 Å². The first kappa shape index (κ1) is 10.1. The van der Waals surface area contributed by atoms with Crippen molar-refractivity contribution in [3.05, 3.63) is 50.8 Å². The minimum Gasteiger partial charge on any atom is -0.309 e. The molecular formula is C11H12N2OS. The molecule has 0 N–H and O–H groups in total. The summed E-state index contributed by atoms with van der Waals surface area (Å²) in [4.78, 5) is 15.8. The highest BCUT2D eigenvalue weighted by Crippen LogP contribution is 2.05. The maximum Gasteiger partial charge on any atom is 0.251 e. The molecule has 15 heavy (non-hydrogen) atoms. The fourth-order valence-electron chi connectivity index (χ4n) is 1.38. The van der Waals surface area contributed by atoms with Crippen molar-refractivity contribution in [3.8, 4) is 0 Å². The van der Waals surface area contributed by atoms with Crippen LogP contribution in [0.3, 0.4) is 0 Å². The van der Waals surface area contributed by atoms with Gasteiger partial charge in [-0.3, -0.25) is 4.79 Å². The summed E-state index contributed by atoms with van der Waals surface area (Å²) < 4.78 is 1.68. The second-order valence-electron chi connectivity index (χ2n) is 3.28. The van der Waals surface area contributed by atoms with Crippen LogP contribution < -0.4 is 5.56 Å². The number of aromatic nitrogens is 2. The van der Waals surface area contributed by atoms with Crippen molar-refractivity contribution in [1.29, 1.82) is 0 Å². The number of nitrogens with zero attached hydrogens (tertiary/aromatic N) is 2. The quantitative estimate of drug-likeness (QED) is 0.792. The van der Waals surface area contributed by atoms with E-state index in [9.17, 15) is 4.79 Å². The van der Waals surface area contributed by atoms with Crippen molar-refractivity contribution in [2.75, 3.05) is 0 Å². The summed E-state index contributed by atoms with van der Waals surface area (Å²) in [7, 11) is 0. The normalized spacial score (nSPS) is 10.5. The summed E-state index contributed by atoms with van der Waals surface area (Å²) in [5.41, 5.74) is 1.12. The van der Waals surface area contributed by atoms with Crippen molar-refractivity contribution < 1.29 is 0 Å². The number of hydrogen-bond donors (Lipinski definition) is 0. The molecule has 2 rings (SSSR count). The molecule has 0 spiro atoms. The molecule has 0 bridgehead atoms. The van der Waals surface area contributed by atoms with Gasteiger partial charge in [-0.1, -0.05) is 6.92 Å². The Morgan fingerprint density at radius 1 is 1.53 bits per heavy atom. The number of aryl methyl sites for hydroxylation is 1. The van der Waals surface area contributed by atoms with Crippen molar-refractivity contribution in [2.24, 2.45) is 0 Å². The van der Waals surface area contributed by atoms with Crippen LogP contribution in [0.5, 0.6) is 0 Å². The Labute approximate surface area is 92.0 Å². The molecule has 2 aromatic heterocycles. The zero-order chi connectivity index (χ0) is 10.7. The van der Waals surface area contributed by atoms with Crippen LogP contribution in [0, 0.1) is 0 Å². The molecule has 0 aromatic carbocycles. The predicted octanol–water partition coefficient (Wildman–Crippen LogP) is 1.92. The lowest BCUT2D eigenvalue weighted by Crippen LogP contribution is -2.19. The van der Waals surface area contributed by atoms with Gasteiger partial charge in [0, 0.05) is 23.8 Å². The molecular weight excluding hydrogens is 208 g/mol. The molecule has 0 aliphatic heterocycles. The first-order valence-electron chi connectivity index (χ1n) is 4.87. The second kappa shape index (κ2) is 4.40. The Balaban J connectivity index is 2.26. The minimum absolute atomic E-state index is 0.0459. The van der Waals surface area contributed by atoms with Crippen molar-refractivity contribution >= 4 is 11.3 Å². The summed E-state index contributed by atoms with van der Waals surface area (Å²) in [5, 5.41) is 2.88. The number of rotatable bonds is 3. The molecule has 0 aliphatic carbocycles. The summed E-state index contributed by atoms with van der Waals surface area (Å²) in [6.45, 7) is 2.61. The van der Waals surface area contributed by atoms with Gasteiger partial charge in [-0.05, 0) is 18.1 Å². The van der Waals surface area contributed by atoms with E-state index in [4.69, 9.17) is 0 Å². The van der Waals surface area contributed by atoms with E-state index >= 15 is 0 Å². The fraction of sp³-hybridized carbons (Fsp3) is 0.273. The third kappa shape index (κ3) is 2.33. The number of hydrogen-bond acceptors (Lipinski definition) is 3. The molecule has 0 saturated carbocycles. The lowest BCUT2D eigenvalue weighted by molar-refractivity contribution is 0.749. The molecule has 0 saturated heterocycles. The monoisotopic (exact) mass is 220 g/mol. The molecule has 4 heteroatoms. The second-order valence-corrected chi connectivity index (χ2v) is 4.26. The average Bonchev–Trinajstić information content (AvgIpc) is 2.74. The van der Waals surface area contributed by atoms with Crippen LogP contribution in [0.15, 0.2) is 34.7 Å². The standard InChI is InChI=1S/C11H12N2OS/c1-2-9-3-5-13(11(14)7-9)8-10-12-4-6-15-10/h3-7H,2,8H2,1H3. The lowest BCUT2D eigenvalue weighted by Gasteiger charge is -2.03. The van der Waals surface area contributed by atoms with E-state index in [2.05, 4.69) is 4.98 Å². The molecule has 2 heterocycles. The smallest absolute Gasteiger partial charge is 0.251 e. The van der Waals surface area contributed by atoms with Crippen LogP contribution in [-0.2, 0) is 13.0 Å². The van der Waals surface area contributed by atoms with E-state index in [1.165, 1.54) is 0 Å². The Hall–Kier alpha value is -1.42. The highest BCUT2D eigenvalue weighted by molar-refractivity contribution is 7.09. The van der Waals surface area contributed by atoms with Gasteiger partial charge in [-0.2, -0.15) is 0 Å². The maximum absolute atomic E-state index is 11.7. The van der Waals surface area contributed by atoms with Crippen LogP contribution in [0.25, 0.3) is 0 Å². The third-order valence-electron chi connectivity index (χ3n) is 2.26. The van der Waals surface area contributed by atoms with Crippen LogP contribution in [-0.4, -0.2) is 9.55 Å². The molecule has 2 aromatic rings. The van der Waals surface area contributed by atoms with E-state index < -0.39 is 0 Å². The summed E-state index contributed by atoms with van der Waals surface area (Å²) in [5.74, 6) is 0. The van der Waals surface area contributed by atoms with E-state index in [1.807, 2.05) is 24.6 Å². The molecule has 0 amide bonds. The van der Waals surface area contributed by atoms with Crippen LogP contribution in [0.1, 0.15) is 17.5 Å². The maximum atomic E-state index is 11.7. The first-order valence-corrected chi connectivity index (χ1v) is 5.75. The van der Waals surface area contributed by atoms with Gasteiger partial charge in [-0.25, -0.2) is 4.98 Å². The van der Waals surface area contributed by atoms with Crippen molar-refractivity contribution in [3.63, 3.8) is 0 Å². The van der Waals surface area contributed by atoms with Gasteiger partial charge in [0.1, 0.15) is 5.01 Å². The van der Waals surface area contributed by atoms with Crippen LogP contribution in [0.4, 0.5) is 0 Å². The topological polar surface area (TPSA) is 34.9 Å². The molecule has 0 radical (unpaired) electrons. The predicted molar refractivity (Wildman–Crippen MR) is 61.3 cm³/mol. The van der Waals surface area contributed by atoms with E-state index in [1.54, 1.807) is 28.2 Å². The lowest BCUT2D eigenvalue weighted by atomic mass is 10.2. The zero-order valence-corrected chi connectivity index (χ0v) is 9.33. The van der Waals surface area contributed by atoms with Crippen molar-refractivity contribution in [2.45, 2.75) is 19.9 Å². The Morgan fingerprint density at radius 3 is 3.00 bits per heavy atom. The van der Waals surface area contributed by atoms with Gasteiger partial charge in [0.15, 0.2) is 0 Å².